The molecule has 2 N–H and O–H groups in total. The summed E-state index contributed by atoms with van der Waals surface area (Å²) in [4.78, 5) is 23.3. The van der Waals surface area contributed by atoms with Crippen molar-refractivity contribution in [3.05, 3.63) is 102 Å². The van der Waals surface area contributed by atoms with E-state index in [1.165, 1.54) is 12.1 Å². The number of hydrogen-bond donors (Lipinski definition) is 2. The highest BCUT2D eigenvalue weighted by molar-refractivity contribution is 7.92. The summed E-state index contributed by atoms with van der Waals surface area (Å²) in [5, 5.41) is 19.9. The molecule has 0 aliphatic carbocycles. The van der Waals surface area contributed by atoms with Crippen LogP contribution < -0.4 is 9.04 Å². The number of carbonyl (C=O) groups is 2. The molecule has 0 bridgehead atoms. The van der Waals surface area contributed by atoms with Crippen LogP contribution in [0.25, 0.3) is 10.8 Å². The molecular formula is C26H20FNO7S. The van der Waals surface area contributed by atoms with E-state index in [-0.39, 0.29) is 16.3 Å². The molecule has 0 radical (unpaired) electrons. The molecule has 4 aromatic rings. The second kappa shape index (κ2) is 10.0. The highest BCUT2D eigenvalue weighted by atomic mass is 32.2. The van der Waals surface area contributed by atoms with E-state index in [4.69, 9.17) is 4.74 Å². The van der Waals surface area contributed by atoms with Crippen LogP contribution in [0, 0.1) is 5.82 Å². The van der Waals surface area contributed by atoms with Gasteiger partial charge in [-0.3, -0.25) is 9.10 Å². The van der Waals surface area contributed by atoms with Crippen molar-refractivity contribution < 1.29 is 37.3 Å². The van der Waals surface area contributed by atoms with E-state index < -0.39 is 40.4 Å². The van der Waals surface area contributed by atoms with Gasteiger partial charge >= 0.3 is 11.9 Å². The van der Waals surface area contributed by atoms with Gasteiger partial charge in [0, 0.05) is 16.3 Å². The van der Waals surface area contributed by atoms with Crippen LogP contribution in [-0.2, 0) is 19.6 Å². The molecule has 0 aliphatic rings. The molecule has 0 aromatic heterocycles. The van der Waals surface area contributed by atoms with E-state index in [2.05, 4.69) is 0 Å². The molecule has 0 saturated carbocycles. The Morgan fingerprint density at radius 3 is 2.06 bits per heavy atom. The first-order valence-electron chi connectivity index (χ1n) is 10.6. The van der Waals surface area contributed by atoms with Gasteiger partial charge in [0.1, 0.15) is 18.1 Å². The fourth-order valence-electron chi connectivity index (χ4n) is 3.75. The Morgan fingerprint density at radius 2 is 1.44 bits per heavy atom. The van der Waals surface area contributed by atoms with Crippen molar-refractivity contribution in [2.24, 2.45) is 0 Å². The maximum atomic E-state index is 13.4. The SMILES string of the molecule is O=C(O)CN(c1ccc(OC(C(=O)O)c2ccccc2)c2ccccc12)S(=O)(=O)c1ccc(F)cc1. The number of rotatable bonds is 9. The molecule has 4 rings (SSSR count). The Labute approximate surface area is 205 Å². The standard InChI is InChI=1S/C26H20FNO7S/c27-18-10-12-19(13-11-18)36(33,34)28(16-24(29)30)22-14-15-23(21-9-5-4-8-20(21)22)35-25(26(31)32)17-6-2-1-3-7-17/h1-15,25H,16H2,(H,29,30)(H,31,32). The van der Waals surface area contributed by atoms with Crippen LogP contribution in [0.2, 0.25) is 0 Å². The Kier molecular flexibility index (Phi) is 6.89. The van der Waals surface area contributed by atoms with E-state index in [1.807, 2.05) is 0 Å². The van der Waals surface area contributed by atoms with Crippen LogP contribution in [0.3, 0.4) is 0 Å². The molecule has 0 spiro atoms. The van der Waals surface area contributed by atoms with Crippen LogP contribution >= 0.6 is 0 Å². The summed E-state index contributed by atoms with van der Waals surface area (Å²) in [6, 6.07) is 21.6. The second-order valence-electron chi connectivity index (χ2n) is 7.73. The number of halogens is 1. The fraction of sp³-hybridized carbons (Fsp3) is 0.0769. The second-order valence-corrected chi connectivity index (χ2v) is 9.60. The summed E-state index contributed by atoms with van der Waals surface area (Å²) >= 11 is 0. The Morgan fingerprint density at radius 1 is 0.833 bits per heavy atom. The summed E-state index contributed by atoms with van der Waals surface area (Å²) in [5.74, 6) is -3.10. The Balaban J connectivity index is 1.84. The molecule has 8 nitrogen and oxygen atoms in total. The molecule has 4 aromatic carbocycles. The zero-order chi connectivity index (χ0) is 25.9. The van der Waals surface area contributed by atoms with Gasteiger partial charge in [-0.2, -0.15) is 0 Å². The summed E-state index contributed by atoms with van der Waals surface area (Å²) in [5.41, 5.74) is 0.445. The zero-order valence-corrected chi connectivity index (χ0v) is 19.4. The van der Waals surface area contributed by atoms with Crippen LogP contribution in [0.5, 0.6) is 5.75 Å². The van der Waals surface area contributed by atoms with Crippen molar-refractivity contribution in [1.29, 1.82) is 0 Å². The topological polar surface area (TPSA) is 121 Å². The molecule has 0 amide bonds. The van der Waals surface area contributed by atoms with Gasteiger partial charge in [0.2, 0.25) is 6.10 Å². The quantitative estimate of drug-likeness (QED) is 0.342. The number of nitrogens with zero attached hydrogens (tertiary/aromatic N) is 1. The van der Waals surface area contributed by atoms with Crippen LogP contribution in [-0.4, -0.2) is 37.1 Å². The van der Waals surface area contributed by atoms with Crippen molar-refractivity contribution >= 4 is 38.4 Å². The van der Waals surface area contributed by atoms with E-state index in [0.717, 1.165) is 24.3 Å². The number of fused-ring (bicyclic) bond motifs is 1. The molecule has 0 aliphatic heterocycles. The van der Waals surface area contributed by atoms with Crippen molar-refractivity contribution in [3.8, 4) is 5.75 Å². The van der Waals surface area contributed by atoms with Crippen molar-refractivity contribution in [1.82, 2.24) is 0 Å². The van der Waals surface area contributed by atoms with Gasteiger partial charge in [-0.15, -0.1) is 0 Å². The van der Waals surface area contributed by atoms with Gasteiger partial charge in [-0.05, 0) is 36.4 Å². The van der Waals surface area contributed by atoms with Crippen LogP contribution in [0.1, 0.15) is 11.7 Å². The molecule has 10 heteroatoms. The summed E-state index contributed by atoms with van der Waals surface area (Å²) in [6.45, 7) is -0.897. The third-order valence-electron chi connectivity index (χ3n) is 5.38. The van der Waals surface area contributed by atoms with Gasteiger partial charge in [-0.25, -0.2) is 17.6 Å². The fourth-order valence-corrected chi connectivity index (χ4v) is 5.18. The van der Waals surface area contributed by atoms with Gasteiger partial charge < -0.3 is 14.9 Å². The number of hydrogen-bond acceptors (Lipinski definition) is 5. The lowest BCUT2D eigenvalue weighted by molar-refractivity contribution is -0.145. The maximum Gasteiger partial charge on any atom is 0.349 e. The molecule has 0 saturated heterocycles. The average Bonchev–Trinajstić information content (AvgIpc) is 2.86. The lowest BCUT2D eigenvalue weighted by atomic mass is 10.1. The summed E-state index contributed by atoms with van der Waals surface area (Å²) < 4.78 is 46.7. The molecular weight excluding hydrogens is 489 g/mol. The first-order valence-corrected chi connectivity index (χ1v) is 12.1. The number of carboxylic acid groups (broad SMARTS) is 2. The number of carboxylic acids is 2. The molecule has 1 atom stereocenters. The average molecular weight is 510 g/mol. The maximum absolute atomic E-state index is 13.4. The Bertz CT molecular complexity index is 1520. The van der Waals surface area contributed by atoms with E-state index in [1.54, 1.807) is 54.6 Å². The molecule has 184 valence electrons. The predicted molar refractivity (Wildman–Crippen MR) is 130 cm³/mol. The van der Waals surface area contributed by atoms with Crippen LogP contribution in [0.15, 0.2) is 95.9 Å². The third-order valence-corrected chi connectivity index (χ3v) is 7.16. The summed E-state index contributed by atoms with van der Waals surface area (Å²) in [7, 11) is -4.40. The van der Waals surface area contributed by atoms with Gasteiger partial charge in [0.05, 0.1) is 10.6 Å². The largest absolute Gasteiger partial charge is 0.480 e. The first-order chi connectivity index (χ1) is 17.2. The molecule has 0 fully saturated rings. The highest BCUT2D eigenvalue weighted by Gasteiger charge is 2.30. The molecule has 1 unspecified atom stereocenters. The number of ether oxygens (including phenoxy) is 1. The highest BCUT2D eigenvalue weighted by Crippen LogP contribution is 2.38. The first kappa shape index (κ1) is 24.7. The van der Waals surface area contributed by atoms with Crippen LogP contribution in [0.4, 0.5) is 10.1 Å². The van der Waals surface area contributed by atoms with Gasteiger partial charge in [-0.1, -0.05) is 54.6 Å². The van der Waals surface area contributed by atoms with E-state index in [0.29, 0.717) is 20.6 Å². The minimum atomic E-state index is -4.40. The Hall–Kier alpha value is -4.44. The van der Waals surface area contributed by atoms with Gasteiger partial charge in [0.15, 0.2) is 0 Å². The number of benzene rings is 4. The van der Waals surface area contributed by atoms with Gasteiger partial charge in [0.25, 0.3) is 10.0 Å². The van der Waals surface area contributed by atoms with E-state index in [9.17, 15) is 32.6 Å². The van der Waals surface area contributed by atoms with Crippen molar-refractivity contribution in [2.45, 2.75) is 11.0 Å². The van der Waals surface area contributed by atoms with E-state index >= 15 is 0 Å². The lowest BCUT2D eigenvalue weighted by Gasteiger charge is -2.25. The summed E-state index contributed by atoms with van der Waals surface area (Å²) in [6.07, 6.45) is -1.33. The molecule has 36 heavy (non-hydrogen) atoms. The van der Waals surface area contributed by atoms with Crippen molar-refractivity contribution in [3.63, 3.8) is 0 Å². The number of sulfonamides is 1. The van der Waals surface area contributed by atoms with Crippen molar-refractivity contribution in [2.75, 3.05) is 10.8 Å². The third kappa shape index (κ3) is 4.98. The lowest BCUT2D eigenvalue weighted by Crippen LogP contribution is -2.36. The minimum Gasteiger partial charge on any atom is -0.480 e. The zero-order valence-electron chi connectivity index (χ0n) is 18.6. The smallest absolute Gasteiger partial charge is 0.349 e. The molecule has 0 heterocycles. The number of aliphatic carboxylic acids is 2. The predicted octanol–water partition coefficient (Wildman–Crippen LogP) is 4.46. The monoisotopic (exact) mass is 509 g/mol. The normalized spacial score (nSPS) is 12.1. The number of anilines is 1. The minimum absolute atomic E-state index is 0.0382.